The number of para-hydroxylation sites is 2. The van der Waals surface area contributed by atoms with E-state index in [1.165, 1.54) is 36.0 Å². The first kappa shape index (κ1) is 27.8. The number of amides is 2. The van der Waals surface area contributed by atoms with Crippen LogP contribution >= 0.6 is 23.4 Å². The second kappa shape index (κ2) is 13.4. The van der Waals surface area contributed by atoms with Crippen LogP contribution in [0.15, 0.2) is 42.5 Å². The van der Waals surface area contributed by atoms with Gasteiger partial charge in [0, 0.05) is 12.1 Å². The van der Waals surface area contributed by atoms with Crippen LogP contribution in [0.25, 0.3) is 0 Å². The van der Waals surface area contributed by atoms with Crippen LogP contribution in [0.3, 0.4) is 0 Å². The summed E-state index contributed by atoms with van der Waals surface area (Å²) in [6.45, 7) is -3.86. The van der Waals surface area contributed by atoms with Gasteiger partial charge in [0.15, 0.2) is 6.61 Å². The Morgan fingerprint density at radius 1 is 1.20 bits per heavy atom. The Hall–Kier alpha value is -3.45. The van der Waals surface area contributed by atoms with Gasteiger partial charge in [0.25, 0.3) is 17.5 Å². The van der Waals surface area contributed by atoms with E-state index in [1.54, 1.807) is 6.26 Å². The highest BCUT2D eigenvalue weighted by Gasteiger charge is 2.25. The number of alkyl halides is 2. The molecule has 2 amide bonds. The molecule has 0 bridgehead atoms. The highest BCUT2D eigenvalue weighted by Crippen LogP contribution is 2.25. The SMILES string of the molecule is CSCC[C@@H](NC(=O)c1ccc([N+](=O)[O-])cc1Cl)C(=O)OCC(=O)Nc1ccccc1OC(F)F. The minimum absolute atomic E-state index is 0.0473. The lowest BCUT2D eigenvalue weighted by Gasteiger charge is -2.18. The monoisotopic (exact) mass is 531 g/mol. The number of nitro benzene ring substituents is 1. The van der Waals surface area contributed by atoms with Gasteiger partial charge in [-0.15, -0.1) is 0 Å². The second-order valence-electron chi connectivity index (χ2n) is 6.76. The van der Waals surface area contributed by atoms with Crippen LogP contribution in [-0.4, -0.2) is 54.0 Å². The smallest absolute Gasteiger partial charge is 0.387 e. The van der Waals surface area contributed by atoms with Crippen LogP contribution in [0.4, 0.5) is 20.2 Å². The topological polar surface area (TPSA) is 137 Å². The summed E-state index contributed by atoms with van der Waals surface area (Å²) in [6.07, 6.45) is 1.94. The number of halogens is 3. The highest BCUT2D eigenvalue weighted by molar-refractivity contribution is 7.98. The summed E-state index contributed by atoms with van der Waals surface area (Å²) in [5.74, 6) is -2.32. The molecule has 0 saturated carbocycles. The van der Waals surface area contributed by atoms with Gasteiger partial charge >= 0.3 is 12.6 Å². The zero-order chi connectivity index (χ0) is 26.0. The fraction of sp³-hybridized carbons (Fsp3) is 0.286. The van der Waals surface area contributed by atoms with Crippen molar-refractivity contribution in [2.75, 3.05) is 23.9 Å². The molecule has 0 radical (unpaired) electrons. The van der Waals surface area contributed by atoms with Crippen molar-refractivity contribution in [2.45, 2.75) is 19.1 Å². The van der Waals surface area contributed by atoms with E-state index < -0.39 is 42.0 Å². The maximum Gasteiger partial charge on any atom is 0.387 e. The molecule has 2 rings (SSSR count). The third-order valence-corrected chi connectivity index (χ3v) is 5.29. The Kier molecular flexibility index (Phi) is 10.7. The number of esters is 1. The number of rotatable bonds is 12. The van der Waals surface area contributed by atoms with Crippen LogP contribution in [0.2, 0.25) is 5.02 Å². The lowest BCUT2D eigenvalue weighted by Crippen LogP contribution is -2.43. The molecule has 0 saturated heterocycles. The molecule has 0 heterocycles. The summed E-state index contributed by atoms with van der Waals surface area (Å²) in [5, 5.41) is 15.4. The van der Waals surface area contributed by atoms with E-state index in [0.29, 0.717) is 5.75 Å². The molecule has 2 N–H and O–H groups in total. The van der Waals surface area contributed by atoms with Gasteiger partial charge in [0.2, 0.25) is 0 Å². The van der Waals surface area contributed by atoms with Gasteiger partial charge in [0.05, 0.1) is 21.2 Å². The van der Waals surface area contributed by atoms with Crippen molar-refractivity contribution in [1.82, 2.24) is 5.32 Å². The Balaban J connectivity index is 2.02. The summed E-state index contributed by atoms with van der Waals surface area (Å²) < 4.78 is 34.3. The third-order valence-electron chi connectivity index (χ3n) is 4.33. The molecular formula is C21H20ClF2N3O7S. The molecule has 35 heavy (non-hydrogen) atoms. The molecule has 0 fully saturated rings. The first-order valence-corrected chi connectivity index (χ1v) is 11.6. The molecular weight excluding hydrogens is 512 g/mol. The number of carbonyl (C=O) groups excluding carboxylic acids is 3. The number of hydrogen-bond acceptors (Lipinski definition) is 8. The molecule has 188 valence electrons. The zero-order valence-electron chi connectivity index (χ0n) is 18.2. The van der Waals surface area contributed by atoms with Gasteiger partial charge < -0.3 is 20.1 Å². The quantitative estimate of drug-likeness (QED) is 0.239. The summed E-state index contributed by atoms with van der Waals surface area (Å²) in [6, 6.07) is 7.57. The minimum atomic E-state index is -3.10. The van der Waals surface area contributed by atoms with Crippen molar-refractivity contribution in [3.63, 3.8) is 0 Å². The van der Waals surface area contributed by atoms with Gasteiger partial charge in [-0.25, -0.2) is 4.79 Å². The van der Waals surface area contributed by atoms with Gasteiger partial charge in [-0.1, -0.05) is 23.7 Å². The Morgan fingerprint density at radius 2 is 1.91 bits per heavy atom. The van der Waals surface area contributed by atoms with Crippen molar-refractivity contribution in [3.05, 3.63) is 63.2 Å². The lowest BCUT2D eigenvalue weighted by atomic mass is 10.1. The number of ether oxygens (including phenoxy) is 2. The standard InChI is InChI=1S/C21H20ClF2N3O7S/c1-35-9-8-16(26-19(29)13-7-6-12(27(31)32)10-14(13)22)20(30)33-11-18(28)25-15-4-2-3-5-17(15)34-21(23)24/h2-7,10,16,21H,8-9,11H2,1H3,(H,25,28)(H,26,29)/t16-/m1/s1. The molecule has 2 aromatic rings. The number of non-ortho nitro benzene ring substituents is 1. The van der Waals surface area contributed by atoms with E-state index in [1.807, 2.05) is 0 Å². The molecule has 0 aliphatic carbocycles. The molecule has 0 aliphatic rings. The minimum Gasteiger partial charge on any atom is -0.454 e. The summed E-state index contributed by atoms with van der Waals surface area (Å²) in [4.78, 5) is 47.5. The number of thioether (sulfide) groups is 1. The third kappa shape index (κ3) is 8.68. The largest absolute Gasteiger partial charge is 0.454 e. The first-order chi connectivity index (χ1) is 16.6. The van der Waals surface area contributed by atoms with Crippen LogP contribution in [-0.2, 0) is 14.3 Å². The van der Waals surface area contributed by atoms with E-state index in [2.05, 4.69) is 15.4 Å². The maximum atomic E-state index is 12.6. The number of nitrogens with one attached hydrogen (secondary N) is 2. The van der Waals surface area contributed by atoms with Crippen molar-refractivity contribution in [3.8, 4) is 5.75 Å². The molecule has 10 nitrogen and oxygen atoms in total. The van der Waals surface area contributed by atoms with E-state index >= 15 is 0 Å². The van der Waals surface area contributed by atoms with Crippen LogP contribution in [0.1, 0.15) is 16.8 Å². The Bertz CT molecular complexity index is 1090. The number of nitrogens with zero attached hydrogens (tertiary/aromatic N) is 1. The molecule has 0 spiro atoms. The summed E-state index contributed by atoms with van der Waals surface area (Å²) in [5.41, 5.74) is -0.446. The van der Waals surface area contributed by atoms with Crippen LogP contribution in [0.5, 0.6) is 5.75 Å². The Labute approximate surface area is 207 Å². The van der Waals surface area contributed by atoms with E-state index in [0.717, 1.165) is 18.2 Å². The molecule has 0 aliphatic heterocycles. The van der Waals surface area contributed by atoms with Crippen molar-refractivity contribution < 1.29 is 37.6 Å². The number of hydrogen-bond donors (Lipinski definition) is 2. The van der Waals surface area contributed by atoms with Gasteiger partial charge in [0.1, 0.15) is 11.8 Å². The number of nitro groups is 1. The van der Waals surface area contributed by atoms with Crippen LogP contribution < -0.4 is 15.4 Å². The predicted octanol–water partition coefficient (Wildman–Crippen LogP) is 3.88. The average molecular weight is 532 g/mol. The molecule has 2 aromatic carbocycles. The number of anilines is 1. The van der Waals surface area contributed by atoms with E-state index in [4.69, 9.17) is 16.3 Å². The fourth-order valence-corrected chi connectivity index (χ4v) is 3.45. The molecule has 14 heteroatoms. The lowest BCUT2D eigenvalue weighted by molar-refractivity contribution is -0.384. The van der Waals surface area contributed by atoms with Crippen molar-refractivity contribution >= 4 is 52.5 Å². The number of carbonyl (C=O) groups is 3. The Morgan fingerprint density at radius 3 is 2.54 bits per heavy atom. The highest BCUT2D eigenvalue weighted by atomic mass is 35.5. The summed E-state index contributed by atoms with van der Waals surface area (Å²) >= 11 is 7.36. The maximum absolute atomic E-state index is 12.6. The second-order valence-corrected chi connectivity index (χ2v) is 8.15. The van der Waals surface area contributed by atoms with Gasteiger partial charge in [-0.3, -0.25) is 19.7 Å². The molecule has 0 aromatic heterocycles. The first-order valence-electron chi connectivity index (χ1n) is 9.86. The van der Waals surface area contributed by atoms with Crippen molar-refractivity contribution in [2.24, 2.45) is 0 Å². The van der Waals surface area contributed by atoms with Gasteiger partial charge in [-0.2, -0.15) is 20.5 Å². The van der Waals surface area contributed by atoms with E-state index in [9.17, 15) is 33.3 Å². The fourth-order valence-electron chi connectivity index (χ4n) is 2.71. The average Bonchev–Trinajstić information content (AvgIpc) is 2.80. The normalized spacial score (nSPS) is 11.5. The predicted molar refractivity (Wildman–Crippen MR) is 125 cm³/mol. The zero-order valence-corrected chi connectivity index (χ0v) is 19.7. The molecule has 1 atom stereocenters. The van der Waals surface area contributed by atoms with Crippen LogP contribution in [0, 0.1) is 10.1 Å². The van der Waals surface area contributed by atoms with E-state index in [-0.39, 0.29) is 34.1 Å². The molecule has 0 unspecified atom stereocenters. The van der Waals surface area contributed by atoms with Crippen molar-refractivity contribution in [1.29, 1.82) is 0 Å². The van der Waals surface area contributed by atoms with Gasteiger partial charge in [-0.05, 0) is 36.6 Å². The number of benzene rings is 2. The summed E-state index contributed by atoms with van der Waals surface area (Å²) in [7, 11) is 0.